The molecule has 0 aliphatic rings. The van der Waals surface area contributed by atoms with Crippen LogP contribution in [0.2, 0.25) is 0 Å². The van der Waals surface area contributed by atoms with Crippen LogP contribution in [0.4, 0.5) is 5.13 Å². The molecule has 9 nitrogen and oxygen atoms in total. The van der Waals surface area contributed by atoms with Crippen molar-refractivity contribution in [3.8, 4) is 0 Å². The van der Waals surface area contributed by atoms with E-state index in [-0.39, 0.29) is 18.3 Å². The van der Waals surface area contributed by atoms with Gasteiger partial charge in [-0.3, -0.25) is 9.59 Å². The van der Waals surface area contributed by atoms with E-state index >= 15 is 0 Å². The van der Waals surface area contributed by atoms with Crippen LogP contribution in [0, 0.1) is 0 Å². The molecule has 30 heavy (non-hydrogen) atoms. The molecule has 4 aromatic rings. The molecule has 0 aliphatic carbocycles. The molecule has 3 aromatic heterocycles. The molecule has 0 bridgehead atoms. The number of carbonyl (C=O) groups excluding carboxylic acids is 2. The summed E-state index contributed by atoms with van der Waals surface area (Å²) in [5, 5.41) is 14.2. The molecule has 1 unspecified atom stereocenters. The molecule has 1 amide bonds. The summed E-state index contributed by atoms with van der Waals surface area (Å²) < 4.78 is 4.90. The molecule has 1 atom stereocenters. The largest absolute Gasteiger partial charge is 0.466 e. The Bertz CT molecular complexity index is 1220. The van der Waals surface area contributed by atoms with Crippen LogP contribution in [0.3, 0.4) is 0 Å². The average molecular weight is 443 g/mol. The third-order valence-electron chi connectivity index (χ3n) is 4.17. The first-order valence-corrected chi connectivity index (χ1v) is 11.0. The van der Waals surface area contributed by atoms with E-state index in [4.69, 9.17) is 4.74 Å². The van der Waals surface area contributed by atoms with Gasteiger partial charge >= 0.3 is 5.97 Å². The van der Waals surface area contributed by atoms with Crippen LogP contribution in [0.25, 0.3) is 22.1 Å². The predicted molar refractivity (Wildman–Crippen MR) is 116 cm³/mol. The van der Waals surface area contributed by atoms with Gasteiger partial charge in [0.05, 0.1) is 24.0 Å². The van der Waals surface area contributed by atoms with Crippen LogP contribution in [0.1, 0.15) is 19.5 Å². The number of aromatic amines is 1. The standard InChI is InChI=1S/C19H18N6O3S2/c1-3-28-14(26)8-11-9-29-18(20-11)23-17(27)10(2)30-19-22-16-15(24-25-19)12-6-4-5-7-13(12)21-16/h4-7,9-10H,3,8H2,1-2H3,(H,20,23,27)(H,21,22,25). The minimum Gasteiger partial charge on any atom is -0.466 e. The first-order chi connectivity index (χ1) is 14.5. The van der Waals surface area contributed by atoms with Gasteiger partial charge in [-0.15, -0.1) is 21.5 Å². The fourth-order valence-electron chi connectivity index (χ4n) is 2.78. The zero-order valence-corrected chi connectivity index (χ0v) is 17.8. The summed E-state index contributed by atoms with van der Waals surface area (Å²) in [6.07, 6.45) is 0.0779. The number of thiazole rings is 1. The number of benzene rings is 1. The van der Waals surface area contributed by atoms with E-state index in [1.807, 2.05) is 24.3 Å². The summed E-state index contributed by atoms with van der Waals surface area (Å²) >= 11 is 2.46. The number of H-pyrrole nitrogens is 1. The second-order valence-electron chi connectivity index (χ2n) is 6.34. The number of hydrogen-bond donors (Lipinski definition) is 2. The first-order valence-electron chi connectivity index (χ1n) is 9.22. The van der Waals surface area contributed by atoms with Crippen molar-refractivity contribution in [3.63, 3.8) is 0 Å². The Hall–Kier alpha value is -3.05. The molecule has 3 heterocycles. The van der Waals surface area contributed by atoms with Gasteiger partial charge in [-0.25, -0.2) is 9.97 Å². The van der Waals surface area contributed by atoms with E-state index in [1.165, 1.54) is 23.1 Å². The minimum absolute atomic E-state index is 0.0779. The van der Waals surface area contributed by atoms with Gasteiger partial charge in [0.15, 0.2) is 10.8 Å². The zero-order chi connectivity index (χ0) is 21.1. The Labute approximate surface area is 179 Å². The lowest BCUT2D eigenvalue weighted by molar-refractivity contribution is -0.142. The topological polar surface area (TPSA) is 123 Å². The summed E-state index contributed by atoms with van der Waals surface area (Å²) in [5.74, 6) is -0.584. The van der Waals surface area contributed by atoms with E-state index in [2.05, 4.69) is 30.5 Å². The van der Waals surface area contributed by atoms with E-state index in [1.54, 1.807) is 19.2 Å². The Morgan fingerprint density at radius 1 is 1.27 bits per heavy atom. The normalized spacial score (nSPS) is 12.2. The number of nitrogens with one attached hydrogen (secondary N) is 2. The minimum atomic E-state index is -0.467. The Balaban J connectivity index is 1.40. The highest BCUT2D eigenvalue weighted by molar-refractivity contribution is 8.00. The quantitative estimate of drug-likeness (QED) is 0.330. The number of esters is 1. The lowest BCUT2D eigenvalue weighted by atomic mass is 10.2. The van der Waals surface area contributed by atoms with E-state index in [9.17, 15) is 9.59 Å². The highest BCUT2D eigenvalue weighted by atomic mass is 32.2. The van der Waals surface area contributed by atoms with Gasteiger partial charge < -0.3 is 15.0 Å². The van der Waals surface area contributed by atoms with Gasteiger partial charge in [-0.05, 0) is 19.9 Å². The summed E-state index contributed by atoms with van der Waals surface area (Å²) in [6.45, 7) is 3.83. The number of aromatic nitrogens is 5. The fourth-order valence-corrected chi connectivity index (χ4v) is 4.21. The van der Waals surface area contributed by atoms with E-state index < -0.39 is 5.25 Å². The van der Waals surface area contributed by atoms with Crippen molar-refractivity contribution in [3.05, 3.63) is 35.3 Å². The van der Waals surface area contributed by atoms with Gasteiger partial charge in [-0.2, -0.15) is 0 Å². The highest BCUT2D eigenvalue weighted by Gasteiger charge is 2.19. The highest BCUT2D eigenvalue weighted by Crippen LogP contribution is 2.26. The van der Waals surface area contributed by atoms with Crippen LogP contribution < -0.4 is 5.32 Å². The Morgan fingerprint density at radius 3 is 2.93 bits per heavy atom. The van der Waals surface area contributed by atoms with Crippen molar-refractivity contribution in [1.29, 1.82) is 0 Å². The molecule has 0 aliphatic heterocycles. The molecule has 0 saturated carbocycles. The number of rotatable bonds is 7. The molecule has 1 aromatic carbocycles. The number of amides is 1. The zero-order valence-electron chi connectivity index (χ0n) is 16.2. The Kier molecular flexibility index (Phi) is 5.91. The van der Waals surface area contributed by atoms with E-state index in [0.717, 1.165) is 10.9 Å². The molecule has 0 spiro atoms. The van der Waals surface area contributed by atoms with Gasteiger partial charge in [0.25, 0.3) is 0 Å². The monoisotopic (exact) mass is 442 g/mol. The maximum atomic E-state index is 12.5. The summed E-state index contributed by atoms with van der Waals surface area (Å²) in [7, 11) is 0. The number of thioether (sulfide) groups is 1. The third kappa shape index (κ3) is 4.41. The number of fused-ring (bicyclic) bond motifs is 3. The molecule has 11 heteroatoms. The number of anilines is 1. The first kappa shape index (κ1) is 20.2. The van der Waals surface area contributed by atoms with Gasteiger partial charge in [-0.1, -0.05) is 30.0 Å². The molecule has 0 fully saturated rings. The molecular weight excluding hydrogens is 424 g/mol. The van der Waals surface area contributed by atoms with Crippen molar-refractivity contribution < 1.29 is 14.3 Å². The van der Waals surface area contributed by atoms with Crippen molar-refractivity contribution >= 4 is 62.2 Å². The van der Waals surface area contributed by atoms with Crippen molar-refractivity contribution in [2.45, 2.75) is 30.7 Å². The Morgan fingerprint density at radius 2 is 2.10 bits per heavy atom. The SMILES string of the molecule is CCOC(=O)Cc1csc(NC(=O)C(C)Sc2nnc3c(n2)[nH]c2ccccc23)n1. The van der Waals surface area contributed by atoms with Gasteiger partial charge in [0, 0.05) is 16.3 Å². The molecule has 154 valence electrons. The second-order valence-corrected chi connectivity index (χ2v) is 8.50. The third-order valence-corrected chi connectivity index (χ3v) is 5.92. The summed E-state index contributed by atoms with van der Waals surface area (Å²) in [6, 6.07) is 7.77. The molecule has 4 rings (SSSR count). The number of ether oxygens (including phenoxy) is 1. The predicted octanol–water partition coefficient (Wildman–Crippen LogP) is 3.19. The fraction of sp³-hybridized carbons (Fsp3) is 0.263. The average Bonchev–Trinajstić information content (AvgIpc) is 3.31. The van der Waals surface area contributed by atoms with Crippen LogP contribution >= 0.6 is 23.1 Å². The van der Waals surface area contributed by atoms with Gasteiger partial charge in [0.2, 0.25) is 11.1 Å². The molecule has 0 saturated heterocycles. The lowest BCUT2D eigenvalue weighted by Gasteiger charge is -2.08. The summed E-state index contributed by atoms with van der Waals surface area (Å²) in [4.78, 5) is 36.0. The second kappa shape index (κ2) is 8.76. The van der Waals surface area contributed by atoms with Crippen molar-refractivity contribution in [2.24, 2.45) is 0 Å². The maximum absolute atomic E-state index is 12.5. The molecule has 2 N–H and O–H groups in total. The number of hydrogen-bond acceptors (Lipinski definition) is 9. The van der Waals surface area contributed by atoms with E-state index in [0.29, 0.717) is 33.8 Å². The summed E-state index contributed by atoms with van der Waals surface area (Å²) in [5.41, 5.74) is 2.82. The maximum Gasteiger partial charge on any atom is 0.311 e. The van der Waals surface area contributed by atoms with Gasteiger partial charge in [0.1, 0.15) is 5.52 Å². The van der Waals surface area contributed by atoms with Crippen LogP contribution in [-0.4, -0.2) is 48.9 Å². The van der Waals surface area contributed by atoms with Crippen molar-refractivity contribution in [1.82, 2.24) is 25.1 Å². The van der Waals surface area contributed by atoms with Crippen LogP contribution in [-0.2, 0) is 20.7 Å². The molecular formula is C19H18N6O3S2. The van der Waals surface area contributed by atoms with Crippen molar-refractivity contribution in [2.75, 3.05) is 11.9 Å². The number of carbonyl (C=O) groups is 2. The lowest BCUT2D eigenvalue weighted by Crippen LogP contribution is -2.22. The smallest absolute Gasteiger partial charge is 0.311 e. The van der Waals surface area contributed by atoms with Crippen LogP contribution in [0.15, 0.2) is 34.8 Å². The molecule has 0 radical (unpaired) electrons. The van der Waals surface area contributed by atoms with Crippen LogP contribution in [0.5, 0.6) is 0 Å². The number of nitrogens with zero attached hydrogens (tertiary/aromatic N) is 4. The number of para-hydroxylation sites is 1.